The Hall–Kier alpha value is -3.22. The SMILES string of the molecule is COc1ccc(Cn2c(-c3ccc(O)c(OC)c3)n[nH]c2=O)cc1. The Bertz CT molecular complexity index is 897. The van der Waals surface area contributed by atoms with Gasteiger partial charge < -0.3 is 14.6 Å². The van der Waals surface area contributed by atoms with Gasteiger partial charge in [0.05, 0.1) is 20.8 Å². The summed E-state index contributed by atoms with van der Waals surface area (Å²) in [5, 5.41) is 16.3. The smallest absolute Gasteiger partial charge is 0.343 e. The van der Waals surface area contributed by atoms with E-state index in [0.29, 0.717) is 23.7 Å². The van der Waals surface area contributed by atoms with Gasteiger partial charge in [-0.3, -0.25) is 4.57 Å². The number of benzene rings is 2. The van der Waals surface area contributed by atoms with Crippen LogP contribution >= 0.6 is 0 Å². The second-order valence-corrected chi connectivity index (χ2v) is 5.17. The van der Waals surface area contributed by atoms with E-state index in [0.717, 1.165) is 11.3 Å². The third-order valence-electron chi connectivity index (χ3n) is 3.70. The van der Waals surface area contributed by atoms with Gasteiger partial charge in [0.15, 0.2) is 17.3 Å². The summed E-state index contributed by atoms with van der Waals surface area (Å²) in [5.41, 5.74) is 1.29. The molecular formula is C17H17N3O4. The van der Waals surface area contributed by atoms with Crippen molar-refractivity contribution in [1.82, 2.24) is 14.8 Å². The van der Waals surface area contributed by atoms with Crippen LogP contribution in [0.2, 0.25) is 0 Å². The lowest BCUT2D eigenvalue weighted by atomic mass is 10.1. The molecule has 24 heavy (non-hydrogen) atoms. The van der Waals surface area contributed by atoms with Crippen molar-refractivity contribution in [3.63, 3.8) is 0 Å². The maximum Gasteiger partial charge on any atom is 0.343 e. The summed E-state index contributed by atoms with van der Waals surface area (Å²) in [6.45, 7) is 0.359. The molecule has 0 atom stereocenters. The van der Waals surface area contributed by atoms with Crippen LogP contribution < -0.4 is 15.2 Å². The lowest BCUT2D eigenvalue weighted by molar-refractivity contribution is 0.373. The monoisotopic (exact) mass is 327 g/mol. The fourth-order valence-corrected chi connectivity index (χ4v) is 2.41. The molecule has 1 aromatic heterocycles. The van der Waals surface area contributed by atoms with Crippen LogP contribution in [-0.2, 0) is 6.54 Å². The fraction of sp³-hybridized carbons (Fsp3) is 0.176. The molecule has 0 bridgehead atoms. The molecule has 0 spiro atoms. The predicted molar refractivity (Wildman–Crippen MR) is 88.6 cm³/mol. The van der Waals surface area contributed by atoms with Crippen LogP contribution in [0.25, 0.3) is 11.4 Å². The second-order valence-electron chi connectivity index (χ2n) is 5.17. The maximum absolute atomic E-state index is 12.1. The third kappa shape index (κ3) is 2.96. The van der Waals surface area contributed by atoms with Gasteiger partial charge in [0, 0.05) is 5.56 Å². The molecule has 0 fully saturated rings. The van der Waals surface area contributed by atoms with Gasteiger partial charge in [-0.05, 0) is 35.9 Å². The number of aromatic hydroxyl groups is 1. The number of ether oxygens (including phenoxy) is 2. The minimum atomic E-state index is -0.312. The number of phenols is 1. The van der Waals surface area contributed by atoms with E-state index in [4.69, 9.17) is 9.47 Å². The highest BCUT2D eigenvalue weighted by Gasteiger charge is 2.13. The summed E-state index contributed by atoms with van der Waals surface area (Å²) in [4.78, 5) is 12.1. The molecule has 3 rings (SSSR count). The van der Waals surface area contributed by atoms with Gasteiger partial charge in [-0.15, -0.1) is 0 Å². The molecule has 0 radical (unpaired) electrons. The number of hydrogen-bond donors (Lipinski definition) is 2. The van der Waals surface area contributed by atoms with Crippen molar-refractivity contribution in [3.8, 4) is 28.6 Å². The molecule has 1 heterocycles. The van der Waals surface area contributed by atoms with Crippen molar-refractivity contribution in [2.75, 3.05) is 14.2 Å². The Morgan fingerprint density at radius 3 is 2.54 bits per heavy atom. The molecule has 0 saturated carbocycles. The lowest BCUT2D eigenvalue weighted by Crippen LogP contribution is -2.18. The number of hydrogen-bond acceptors (Lipinski definition) is 5. The van der Waals surface area contributed by atoms with Crippen LogP contribution in [0.1, 0.15) is 5.56 Å². The normalized spacial score (nSPS) is 10.6. The number of nitrogens with one attached hydrogen (secondary N) is 1. The Balaban J connectivity index is 1.98. The van der Waals surface area contributed by atoms with E-state index >= 15 is 0 Å². The molecule has 0 amide bonds. The average Bonchev–Trinajstić information content (AvgIpc) is 2.97. The lowest BCUT2D eigenvalue weighted by Gasteiger charge is -2.09. The van der Waals surface area contributed by atoms with E-state index in [9.17, 15) is 9.90 Å². The highest BCUT2D eigenvalue weighted by atomic mass is 16.5. The second kappa shape index (κ2) is 6.49. The van der Waals surface area contributed by atoms with E-state index in [1.165, 1.54) is 17.7 Å². The number of methoxy groups -OCH3 is 2. The van der Waals surface area contributed by atoms with Crippen LogP contribution in [0.4, 0.5) is 0 Å². The topological polar surface area (TPSA) is 89.4 Å². The minimum Gasteiger partial charge on any atom is -0.504 e. The van der Waals surface area contributed by atoms with E-state index in [1.54, 1.807) is 19.2 Å². The van der Waals surface area contributed by atoms with Crippen LogP contribution in [0, 0.1) is 0 Å². The van der Waals surface area contributed by atoms with Crippen molar-refractivity contribution in [2.45, 2.75) is 6.54 Å². The zero-order chi connectivity index (χ0) is 17.1. The van der Waals surface area contributed by atoms with Gasteiger partial charge in [-0.2, -0.15) is 5.10 Å². The van der Waals surface area contributed by atoms with E-state index in [1.807, 2.05) is 24.3 Å². The van der Waals surface area contributed by atoms with Crippen LogP contribution in [-0.4, -0.2) is 34.1 Å². The molecule has 0 aliphatic heterocycles. The first-order chi connectivity index (χ1) is 11.6. The number of aromatic nitrogens is 3. The van der Waals surface area contributed by atoms with Gasteiger partial charge >= 0.3 is 5.69 Å². The summed E-state index contributed by atoms with van der Waals surface area (Å²) >= 11 is 0. The molecule has 0 aliphatic rings. The molecular weight excluding hydrogens is 310 g/mol. The molecule has 0 saturated heterocycles. The number of rotatable bonds is 5. The van der Waals surface area contributed by atoms with Gasteiger partial charge in [0.1, 0.15) is 5.75 Å². The molecule has 124 valence electrons. The van der Waals surface area contributed by atoms with Gasteiger partial charge in [-0.25, -0.2) is 9.89 Å². The highest BCUT2D eigenvalue weighted by Crippen LogP contribution is 2.30. The highest BCUT2D eigenvalue weighted by molar-refractivity contribution is 5.61. The van der Waals surface area contributed by atoms with Crippen LogP contribution in [0.3, 0.4) is 0 Å². The van der Waals surface area contributed by atoms with E-state index < -0.39 is 0 Å². The van der Waals surface area contributed by atoms with Crippen molar-refractivity contribution in [2.24, 2.45) is 0 Å². The molecule has 0 aliphatic carbocycles. The predicted octanol–water partition coefficient (Wildman–Crippen LogP) is 2.01. The number of H-pyrrole nitrogens is 1. The fourth-order valence-electron chi connectivity index (χ4n) is 2.41. The maximum atomic E-state index is 12.1. The van der Waals surface area contributed by atoms with E-state index in [2.05, 4.69) is 10.2 Å². The molecule has 0 unspecified atom stereocenters. The molecule has 7 heteroatoms. The van der Waals surface area contributed by atoms with Crippen molar-refractivity contribution in [3.05, 3.63) is 58.5 Å². The molecule has 2 N–H and O–H groups in total. The summed E-state index contributed by atoms with van der Waals surface area (Å²) in [6.07, 6.45) is 0. The standard InChI is InChI=1S/C17H17N3O4/c1-23-13-6-3-11(4-7-13)10-20-16(18-19-17(20)22)12-5-8-14(21)15(9-12)24-2/h3-9,21H,10H2,1-2H3,(H,19,22). The van der Waals surface area contributed by atoms with Gasteiger partial charge in [0.2, 0.25) is 0 Å². The Kier molecular flexibility index (Phi) is 4.24. The largest absolute Gasteiger partial charge is 0.504 e. The first kappa shape index (κ1) is 15.7. The van der Waals surface area contributed by atoms with Crippen molar-refractivity contribution in [1.29, 1.82) is 0 Å². The van der Waals surface area contributed by atoms with Gasteiger partial charge in [-0.1, -0.05) is 12.1 Å². The number of aromatic amines is 1. The summed E-state index contributed by atoms with van der Waals surface area (Å²) in [6, 6.07) is 12.3. The Labute approximate surface area is 138 Å². The summed E-state index contributed by atoms with van der Waals surface area (Å²) in [7, 11) is 3.07. The first-order valence-corrected chi connectivity index (χ1v) is 7.28. The molecule has 2 aromatic carbocycles. The zero-order valence-corrected chi connectivity index (χ0v) is 13.3. The summed E-state index contributed by atoms with van der Waals surface area (Å²) < 4.78 is 11.8. The van der Waals surface area contributed by atoms with Crippen molar-refractivity contribution < 1.29 is 14.6 Å². The third-order valence-corrected chi connectivity index (χ3v) is 3.70. The Morgan fingerprint density at radius 1 is 1.12 bits per heavy atom. The average molecular weight is 327 g/mol. The zero-order valence-electron chi connectivity index (χ0n) is 13.3. The minimum absolute atomic E-state index is 0.0286. The first-order valence-electron chi connectivity index (χ1n) is 7.28. The molecule has 7 nitrogen and oxygen atoms in total. The summed E-state index contributed by atoms with van der Waals surface area (Å²) in [5.74, 6) is 1.57. The van der Waals surface area contributed by atoms with Crippen molar-refractivity contribution >= 4 is 0 Å². The molecule has 3 aromatic rings. The Morgan fingerprint density at radius 2 is 1.88 bits per heavy atom. The van der Waals surface area contributed by atoms with E-state index in [-0.39, 0.29) is 11.4 Å². The van der Waals surface area contributed by atoms with Crippen LogP contribution in [0.5, 0.6) is 17.2 Å². The van der Waals surface area contributed by atoms with Gasteiger partial charge in [0.25, 0.3) is 0 Å². The quantitative estimate of drug-likeness (QED) is 0.748. The number of phenolic OH excluding ortho intramolecular Hbond substituents is 1. The van der Waals surface area contributed by atoms with Crippen LogP contribution in [0.15, 0.2) is 47.3 Å². The number of nitrogens with zero attached hydrogens (tertiary/aromatic N) is 2.